The lowest BCUT2D eigenvalue weighted by Gasteiger charge is -2.44. The Morgan fingerprint density at radius 3 is 0.820 bits per heavy atom. The van der Waals surface area contributed by atoms with Gasteiger partial charge in [0.1, 0.15) is 0 Å². The molecule has 0 saturated heterocycles. The average molecular weight is 2010 g/mol. The zero-order valence-corrected chi connectivity index (χ0v) is 90.6. The number of aryl methyl sites for hydroxylation is 7. The Kier molecular flexibility index (Phi) is 24.7. The Labute approximate surface area is 877 Å². The molecule has 772 valence electrons. The molecule has 6 aromatic carbocycles. The normalized spacial score (nSPS) is 24.8. The van der Waals surface area contributed by atoms with Gasteiger partial charge in [-0.25, -0.2) is 4.85 Å². The van der Waals surface area contributed by atoms with Gasteiger partial charge in [0.2, 0.25) is 5.91 Å². The van der Waals surface area contributed by atoms with Gasteiger partial charge in [-0.05, 0) is 211 Å². The molecule has 0 saturated carbocycles. The second-order valence-electron chi connectivity index (χ2n) is 49.3. The van der Waals surface area contributed by atoms with E-state index < -0.39 is 33.0 Å². The SMILES string of the molecule is Cc1[nH]nc2c1C(C)(c1cccc(C(N)=O)c1)C1=C(CC(C)(C)CC1=O)N2.Cc1[nH]nc2c1C(C)(c1ccccc1)C1=C(CC(C)(C)CC1=O)N2.Cc1[nH]nc2c1C1(CCc3ccccc31)C1=C(CC(C)(C)CC1=O)N2.Cc1[nH]nc2c1[C@@](C)(c1ccccc1)C1=C(CC(C)(C)CC1=O)N2.Cc1[nH]nc2c1[C@](C)(c1ccccc1)C1=C(CC(C)(C)CC1=O)N2.[C-]#[N+]c1cccc(C2(C)C3=C(CC(C)(C)CC3=O)Nc3n[nH]c(C)c32)c1. The minimum absolute atomic E-state index is 0.00885. The van der Waals surface area contributed by atoms with Crippen molar-refractivity contribution in [2.75, 3.05) is 31.9 Å². The van der Waals surface area contributed by atoms with E-state index in [0.29, 0.717) is 55.6 Å². The van der Waals surface area contributed by atoms with Crippen molar-refractivity contribution in [2.45, 2.75) is 282 Å². The van der Waals surface area contributed by atoms with Crippen LogP contribution in [0.3, 0.4) is 0 Å². The van der Waals surface area contributed by atoms with Gasteiger partial charge >= 0.3 is 0 Å². The van der Waals surface area contributed by atoms with Crippen LogP contribution in [-0.4, -0.2) is 102 Å². The van der Waals surface area contributed by atoms with E-state index in [1.54, 1.807) is 18.2 Å². The van der Waals surface area contributed by atoms with E-state index in [4.69, 9.17) is 12.3 Å². The second kappa shape index (κ2) is 36.3. The van der Waals surface area contributed by atoms with Gasteiger partial charge in [-0.15, -0.1) is 0 Å². The van der Waals surface area contributed by atoms with Gasteiger partial charge in [0.05, 0.1) is 39.1 Å². The number of ketones is 6. The third-order valence-corrected chi connectivity index (χ3v) is 34.0. The molecule has 0 fully saturated rings. The number of fused-ring (bicyclic) bond motifs is 10. The maximum atomic E-state index is 13.3. The minimum Gasteiger partial charge on any atom is -0.366 e. The number of anilines is 6. The molecule has 6 aromatic heterocycles. The Balaban J connectivity index is 0.000000109. The fourth-order valence-electron chi connectivity index (χ4n) is 28.0. The molecule has 0 radical (unpaired) electrons. The number of Topliss-reactive ketones (excluding diaryl/α,β-unsaturated/α-hetero) is 6. The van der Waals surface area contributed by atoms with Gasteiger partial charge in [0, 0.05) is 179 Å². The molecule has 25 rings (SSSR count). The van der Waals surface area contributed by atoms with Crippen LogP contribution in [0.2, 0.25) is 0 Å². The van der Waals surface area contributed by atoms with Gasteiger partial charge in [0.15, 0.2) is 75.3 Å². The van der Waals surface area contributed by atoms with Crippen molar-refractivity contribution in [3.63, 3.8) is 0 Å². The zero-order valence-electron chi connectivity index (χ0n) is 90.6. The number of H-pyrrole nitrogens is 6. The first-order valence-corrected chi connectivity index (χ1v) is 52.5. The molecule has 27 heteroatoms. The maximum Gasteiger partial charge on any atom is 0.248 e. The fraction of sp³-hybridized carbons (Fsp3) is 0.398. The quantitative estimate of drug-likeness (QED) is 0.0688. The number of carbonyl (C=O) groups excluding carboxylic acids is 7. The molecule has 14 N–H and O–H groups in total. The van der Waals surface area contributed by atoms with Gasteiger partial charge in [0.25, 0.3) is 0 Å². The fourth-order valence-corrected chi connectivity index (χ4v) is 28.0. The summed E-state index contributed by atoms with van der Waals surface area (Å²) >= 11 is 0. The van der Waals surface area contributed by atoms with Crippen LogP contribution in [0.1, 0.15) is 318 Å². The minimum atomic E-state index is -0.702. The molecule has 13 aliphatic rings. The summed E-state index contributed by atoms with van der Waals surface area (Å²) in [6.07, 6.45) is 10.4. The highest BCUT2D eigenvalue weighted by Gasteiger charge is 2.59. The number of aromatic amines is 6. The van der Waals surface area contributed by atoms with Crippen molar-refractivity contribution in [2.24, 2.45) is 38.2 Å². The van der Waals surface area contributed by atoms with E-state index in [-0.39, 0.29) is 66.8 Å². The summed E-state index contributed by atoms with van der Waals surface area (Å²) in [5.41, 5.74) is 34.7. The number of nitrogens with one attached hydrogen (secondary N) is 12. The molecule has 12 aromatic rings. The lowest BCUT2D eigenvalue weighted by molar-refractivity contribution is -0.119. The highest BCUT2D eigenvalue weighted by Crippen LogP contribution is 2.63. The lowest BCUT2D eigenvalue weighted by Crippen LogP contribution is -2.42. The number of aromatic nitrogens is 12. The molecule has 27 nitrogen and oxygen atoms in total. The Hall–Kier alpha value is -15.2. The highest BCUT2D eigenvalue weighted by molar-refractivity contribution is 6.08. The van der Waals surface area contributed by atoms with Crippen LogP contribution < -0.4 is 37.6 Å². The topological polar surface area (TPSA) is 394 Å². The number of amides is 1. The smallest absolute Gasteiger partial charge is 0.248 e. The number of carbonyl (C=O) groups is 7. The molecular formula is C123H138N20O7. The van der Waals surface area contributed by atoms with E-state index in [0.717, 1.165) is 244 Å². The number of primary amides is 1. The van der Waals surface area contributed by atoms with Crippen LogP contribution in [0.4, 0.5) is 40.6 Å². The number of hydrogen-bond donors (Lipinski definition) is 13. The van der Waals surface area contributed by atoms with Crippen LogP contribution in [0.5, 0.6) is 0 Å². The van der Waals surface area contributed by atoms with Crippen molar-refractivity contribution in [1.29, 1.82) is 0 Å². The molecule has 150 heavy (non-hydrogen) atoms. The summed E-state index contributed by atoms with van der Waals surface area (Å²) < 4.78 is 0. The number of rotatable bonds is 6. The summed E-state index contributed by atoms with van der Waals surface area (Å²) in [7, 11) is 0. The van der Waals surface area contributed by atoms with Gasteiger partial charge in [-0.3, -0.25) is 64.2 Å². The monoisotopic (exact) mass is 2010 g/mol. The molecule has 12 heterocycles. The van der Waals surface area contributed by atoms with Crippen LogP contribution in [0.25, 0.3) is 4.85 Å². The van der Waals surface area contributed by atoms with Crippen LogP contribution in [0, 0.1) is 80.6 Å². The standard InChI is InChI=1S/C21H24N4O2.C21H22N4O.C21H23N3O.3C20H23N3O/c1-11-16-19(25-24-11)23-14-9-20(2,3)10-15(26)17(14)21(16,4)13-7-5-6-12(8-13)18(22)27;1-12-17-19(25-24-12)23-15-10-20(2,3)11-16(26)18(15)21(17,4)13-7-6-8-14(9-13)22-5;1-12-17-19(24-23-12)22-15-10-20(2,3)11-16(25)18(15)21(17)9-8-13-6-4-5-7-14(13)21;3*1-12-16-18(23-22-12)21-14-10-19(2,3)11-15(24)17(14)20(16,4)13-8-6-5-7-9-13/h5-8H,9-10H2,1-4H3,(H2,22,27)(H2,23,24,25);6-9H,10-11H2,1-4H3,(H2,23,24,25);4-7H,8-11H2,1-3H3,(H2,22,23,24);3*5-9H,10-11H2,1-4H3,(H2,21,22,23)/t;;;2*20-;/m...10./s1. The van der Waals surface area contributed by atoms with E-state index >= 15 is 0 Å². The molecule has 1 spiro atoms. The first-order chi connectivity index (χ1) is 70.8. The third kappa shape index (κ3) is 16.9. The molecule has 6 atom stereocenters. The van der Waals surface area contributed by atoms with Crippen LogP contribution >= 0.6 is 0 Å². The Morgan fingerprint density at radius 2 is 0.527 bits per heavy atom. The van der Waals surface area contributed by atoms with E-state index in [2.05, 4.69) is 276 Å². The van der Waals surface area contributed by atoms with Crippen molar-refractivity contribution in [3.05, 3.63) is 355 Å². The maximum absolute atomic E-state index is 13.3. The molecule has 0 bridgehead atoms. The van der Waals surface area contributed by atoms with Gasteiger partial charge < -0.3 is 37.6 Å². The lowest BCUT2D eigenvalue weighted by atomic mass is 9.61. The second-order valence-corrected chi connectivity index (χ2v) is 49.3. The summed E-state index contributed by atoms with van der Waals surface area (Å²) in [4.78, 5) is 94.6. The molecule has 7 aliphatic carbocycles. The van der Waals surface area contributed by atoms with Gasteiger partial charge in [-0.2, -0.15) is 30.6 Å². The van der Waals surface area contributed by atoms with Crippen molar-refractivity contribution in [1.82, 2.24) is 61.2 Å². The van der Waals surface area contributed by atoms with Crippen LogP contribution in [0.15, 0.2) is 231 Å². The summed E-state index contributed by atoms with van der Waals surface area (Å²) in [6, 6.07) is 54.4. The Bertz CT molecular complexity index is 7580. The molecule has 1 amide bonds. The van der Waals surface area contributed by atoms with Crippen molar-refractivity contribution < 1.29 is 33.6 Å². The average Bonchev–Trinajstić information content (AvgIpc) is 1.53. The van der Waals surface area contributed by atoms with Gasteiger partial charge in [-0.1, -0.05) is 235 Å². The van der Waals surface area contributed by atoms with E-state index in [9.17, 15) is 33.6 Å². The molecule has 4 unspecified atom stereocenters. The third-order valence-electron chi connectivity index (χ3n) is 34.0. The van der Waals surface area contributed by atoms with E-state index in [1.165, 1.54) is 16.7 Å². The predicted molar refractivity (Wildman–Crippen MR) is 587 cm³/mol. The largest absolute Gasteiger partial charge is 0.366 e. The number of hydrogen-bond acceptors (Lipinski definition) is 19. The Morgan fingerprint density at radius 1 is 0.287 bits per heavy atom. The number of nitrogens with zero attached hydrogens (tertiary/aromatic N) is 7. The highest BCUT2D eigenvalue weighted by atomic mass is 16.2. The van der Waals surface area contributed by atoms with Crippen molar-refractivity contribution in [3.8, 4) is 0 Å². The van der Waals surface area contributed by atoms with E-state index in [1.807, 2.05) is 126 Å². The molecular weight excluding hydrogens is 1870 g/mol. The number of benzene rings is 6. The summed E-state index contributed by atoms with van der Waals surface area (Å²) in [6.45, 7) is 55.8. The first kappa shape index (κ1) is 102. The predicted octanol–water partition coefficient (Wildman–Crippen LogP) is 24.1. The number of nitrogens with two attached hydrogens (primary N) is 1. The first-order valence-electron chi connectivity index (χ1n) is 52.5. The zero-order chi connectivity index (χ0) is 107. The molecule has 6 aliphatic heterocycles. The van der Waals surface area contributed by atoms with Crippen molar-refractivity contribution >= 4 is 81.2 Å². The number of allylic oxidation sites excluding steroid dienone is 12. The summed E-state index contributed by atoms with van der Waals surface area (Å²) in [5, 5.41) is 66.0. The van der Waals surface area contributed by atoms with Crippen LogP contribution in [-0.2, 0) is 67.7 Å². The summed E-state index contributed by atoms with van der Waals surface area (Å²) in [5.74, 6) is 5.81.